The number of hydrogen-bond donors (Lipinski definition) is 1. The Morgan fingerprint density at radius 3 is 3.18 bits per heavy atom. The van der Waals surface area contributed by atoms with Crippen LogP contribution in [-0.4, -0.2) is 43.8 Å². The first-order valence-electron chi connectivity index (χ1n) is 6.45. The lowest BCUT2D eigenvalue weighted by molar-refractivity contribution is 0.0172. The number of thiophene rings is 1. The zero-order valence-electron chi connectivity index (χ0n) is 10.5. The molecule has 2 rings (SSSR count). The third-order valence-corrected chi connectivity index (χ3v) is 4.04. The van der Waals surface area contributed by atoms with Crippen molar-refractivity contribution in [2.75, 3.05) is 32.8 Å². The lowest BCUT2D eigenvalue weighted by Crippen LogP contribution is -2.40. The fourth-order valence-electron chi connectivity index (χ4n) is 2.10. The van der Waals surface area contributed by atoms with E-state index in [1.54, 1.807) is 0 Å². The van der Waals surface area contributed by atoms with E-state index in [1.165, 1.54) is 4.88 Å². The molecule has 0 saturated carbocycles. The summed E-state index contributed by atoms with van der Waals surface area (Å²) in [5.74, 6) is 0. The van der Waals surface area contributed by atoms with Crippen LogP contribution >= 0.6 is 11.3 Å². The average Bonchev–Trinajstić information content (AvgIpc) is 2.88. The molecule has 17 heavy (non-hydrogen) atoms. The van der Waals surface area contributed by atoms with Crippen molar-refractivity contribution in [1.29, 1.82) is 0 Å². The molecule has 0 aliphatic carbocycles. The third-order valence-electron chi connectivity index (χ3n) is 3.18. The van der Waals surface area contributed by atoms with Crippen LogP contribution in [0.1, 0.15) is 18.2 Å². The predicted octanol–water partition coefficient (Wildman–Crippen LogP) is 1.95. The summed E-state index contributed by atoms with van der Waals surface area (Å²) in [6.07, 6.45) is 1.53. The van der Waals surface area contributed by atoms with Crippen molar-refractivity contribution in [2.45, 2.75) is 26.0 Å². The van der Waals surface area contributed by atoms with E-state index in [0.29, 0.717) is 6.10 Å². The van der Waals surface area contributed by atoms with Crippen molar-refractivity contribution in [3.05, 3.63) is 22.4 Å². The maximum atomic E-state index is 5.72. The molecule has 0 radical (unpaired) electrons. The minimum atomic E-state index is 0.404. The molecule has 0 spiro atoms. The number of ether oxygens (including phenoxy) is 1. The van der Waals surface area contributed by atoms with Crippen LogP contribution in [0.15, 0.2) is 17.5 Å². The summed E-state index contributed by atoms with van der Waals surface area (Å²) in [5.41, 5.74) is 0. The maximum Gasteiger partial charge on any atom is 0.0712 e. The highest BCUT2D eigenvalue weighted by atomic mass is 32.1. The predicted molar refractivity (Wildman–Crippen MR) is 72.5 cm³/mol. The van der Waals surface area contributed by atoms with Crippen molar-refractivity contribution in [3.63, 3.8) is 0 Å². The van der Waals surface area contributed by atoms with E-state index in [2.05, 4.69) is 34.7 Å². The molecule has 1 unspecified atom stereocenters. The van der Waals surface area contributed by atoms with Crippen LogP contribution in [0, 0.1) is 0 Å². The van der Waals surface area contributed by atoms with Crippen LogP contribution in [0.5, 0.6) is 0 Å². The first-order valence-corrected chi connectivity index (χ1v) is 7.33. The second kappa shape index (κ2) is 7.11. The van der Waals surface area contributed by atoms with Gasteiger partial charge in [-0.2, -0.15) is 0 Å². The molecule has 1 aliphatic rings. The van der Waals surface area contributed by atoms with E-state index in [0.717, 1.165) is 45.8 Å². The van der Waals surface area contributed by atoms with Crippen LogP contribution in [0.3, 0.4) is 0 Å². The molecule has 0 amide bonds. The minimum absolute atomic E-state index is 0.404. The smallest absolute Gasteiger partial charge is 0.0712 e. The van der Waals surface area contributed by atoms with Gasteiger partial charge in [0.15, 0.2) is 0 Å². The molecule has 1 saturated heterocycles. The highest BCUT2D eigenvalue weighted by Crippen LogP contribution is 2.12. The first-order chi connectivity index (χ1) is 8.38. The highest BCUT2D eigenvalue weighted by molar-refractivity contribution is 7.09. The molecule has 3 nitrogen and oxygen atoms in total. The molecule has 1 N–H and O–H groups in total. The van der Waals surface area contributed by atoms with Crippen LogP contribution < -0.4 is 5.32 Å². The second-order valence-electron chi connectivity index (χ2n) is 4.43. The van der Waals surface area contributed by atoms with Gasteiger partial charge in [-0.05, 0) is 24.4 Å². The van der Waals surface area contributed by atoms with Gasteiger partial charge in [0.1, 0.15) is 0 Å². The Labute approximate surface area is 108 Å². The van der Waals surface area contributed by atoms with Gasteiger partial charge in [0.05, 0.1) is 12.7 Å². The van der Waals surface area contributed by atoms with E-state index in [9.17, 15) is 0 Å². The Morgan fingerprint density at radius 1 is 1.59 bits per heavy atom. The van der Waals surface area contributed by atoms with Gasteiger partial charge in [-0.1, -0.05) is 13.0 Å². The summed E-state index contributed by atoms with van der Waals surface area (Å²) in [5, 5.41) is 5.53. The fraction of sp³-hybridized carbons (Fsp3) is 0.692. The Balaban J connectivity index is 1.71. The SMILES string of the molecule is CCN(CCC1CNCCO1)Cc1cccs1. The summed E-state index contributed by atoms with van der Waals surface area (Å²) < 4.78 is 5.72. The van der Waals surface area contributed by atoms with E-state index in [4.69, 9.17) is 4.74 Å². The van der Waals surface area contributed by atoms with Crippen molar-refractivity contribution in [1.82, 2.24) is 10.2 Å². The van der Waals surface area contributed by atoms with Gasteiger partial charge in [-0.15, -0.1) is 11.3 Å². The van der Waals surface area contributed by atoms with Gasteiger partial charge in [-0.3, -0.25) is 4.90 Å². The lowest BCUT2D eigenvalue weighted by atomic mass is 10.2. The Bertz CT molecular complexity index is 296. The molecular formula is C13H22N2OS. The zero-order valence-corrected chi connectivity index (χ0v) is 11.3. The standard InChI is InChI=1S/C13H22N2OS/c1-2-15(11-13-4-3-9-17-13)7-5-12-10-14-6-8-16-12/h3-4,9,12,14H,2,5-8,10-11H2,1H3. The number of rotatable bonds is 6. The quantitative estimate of drug-likeness (QED) is 0.840. The Morgan fingerprint density at radius 2 is 2.53 bits per heavy atom. The molecule has 1 aromatic rings. The second-order valence-corrected chi connectivity index (χ2v) is 5.47. The van der Waals surface area contributed by atoms with Crippen LogP contribution in [0.2, 0.25) is 0 Å². The van der Waals surface area contributed by atoms with Gasteiger partial charge in [0.25, 0.3) is 0 Å². The molecule has 0 bridgehead atoms. The van der Waals surface area contributed by atoms with Crippen molar-refractivity contribution in [2.24, 2.45) is 0 Å². The molecule has 1 fully saturated rings. The molecule has 1 aliphatic heterocycles. The molecule has 96 valence electrons. The molecular weight excluding hydrogens is 232 g/mol. The molecule has 1 aromatic heterocycles. The van der Waals surface area contributed by atoms with Crippen molar-refractivity contribution < 1.29 is 4.74 Å². The molecule has 2 heterocycles. The number of nitrogens with one attached hydrogen (secondary N) is 1. The topological polar surface area (TPSA) is 24.5 Å². The summed E-state index contributed by atoms with van der Waals surface area (Å²) in [4.78, 5) is 3.94. The van der Waals surface area contributed by atoms with Crippen molar-refractivity contribution >= 4 is 11.3 Å². The van der Waals surface area contributed by atoms with Crippen LogP contribution in [0.4, 0.5) is 0 Å². The van der Waals surface area contributed by atoms with E-state index in [1.807, 2.05) is 11.3 Å². The number of nitrogens with zero attached hydrogens (tertiary/aromatic N) is 1. The summed E-state index contributed by atoms with van der Waals surface area (Å²) >= 11 is 1.84. The van der Waals surface area contributed by atoms with Gasteiger partial charge in [0, 0.05) is 31.1 Å². The minimum Gasteiger partial charge on any atom is -0.376 e. The Kier molecular flexibility index (Phi) is 5.45. The molecule has 0 aromatic carbocycles. The van der Waals surface area contributed by atoms with E-state index >= 15 is 0 Å². The van der Waals surface area contributed by atoms with Crippen molar-refractivity contribution in [3.8, 4) is 0 Å². The summed E-state index contributed by atoms with van der Waals surface area (Å²) in [6.45, 7) is 8.42. The lowest BCUT2D eigenvalue weighted by Gasteiger charge is -2.26. The normalized spacial score (nSPS) is 20.9. The molecule has 4 heteroatoms. The largest absolute Gasteiger partial charge is 0.376 e. The van der Waals surface area contributed by atoms with Crippen LogP contribution in [0.25, 0.3) is 0 Å². The monoisotopic (exact) mass is 254 g/mol. The van der Waals surface area contributed by atoms with E-state index < -0.39 is 0 Å². The number of morpholine rings is 1. The van der Waals surface area contributed by atoms with E-state index in [-0.39, 0.29) is 0 Å². The van der Waals surface area contributed by atoms with Gasteiger partial charge in [-0.25, -0.2) is 0 Å². The van der Waals surface area contributed by atoms with Crippen LogP contribution in [-0.2, 0) is 11.3 Å². The Hall–Kier alpha value is -0.420. The third kappa shape index (κ3) is 4.39. The highest BCUT2D eigenvalue weighted by Gasteiger charge is 2.14. The van der Waals surface area contributed by atoms with Gasteiger partial charge < -0.3 is 10.1 Å². The summed E-state index contributed by atoms with van der Waals surface area (Å²) in [6, 6.07) is 4.34. The average molecular weight is 254 g/mol. The number of hydrogen-bond acceptors (Lipinski definition) is 4. The maximum absolute atomic E-state index is 5.72. The zero-order chi connectivity index (χ0) is 11.9. The van der Waals surface area contributed by atoms with Gasteiger partial charge in [0.2, 0.25) is 0 Å². The summed E-state index contributed by atoms with van der Waals surface area (Å²) in [7, 11) is 0. The fourth-order valence-corrected chi connectivity index (χ4v) is 2.85. The molecule has 1 atom stereocenters. The van der Waals surface area contributed by atoms with Gasteiger partial charge >= 0.3 is 0 Å². The first kappa shape index (κ1) is 13.0.